The standard InChI is InChI=1S/C11H19NO2/c1-2-14-10(13)9-7-12-8-11(9)5-3-4-6-11/h9,12H,2-8H2,1H3/t9-/m0/s1. The summed E-state index contributed by atoms with van der Waals surface area (Å²) in [5.74, 6) is 0.129. The lowest BCUT2D eigenvalue weighted by molar-refractivity contribution is -0.150. The summed E-state index contributed by atoms with van der Waals surface area (Å²) in [5, 5.41) is 3.34. The number of hydrogen-bond acceptors (Lipinski definition) is 3. The zero-order chi connectivity index (χ0) is 10.0. The van der Waals surface area contributed by atoms with Crippen LogP contribution in [0.2, 0.25) is 0 Å². The molecule has 2 rings (SSSR count). The molecule has 0 aromatic heterocycles. The first-order valence-electron chi connectivity index (χ1n) is 5.66. The van der Waals surface area contributed by atoms with Crippen LogP contribution in [-0.2, 0) is 9.53 Å². The molecule has 3 heteroatoms. The zero-order valence-electron chi connectivity index (χ0n) is 8.84. The van der Waals surface area contributed by atoms with Gasteiger partial charge in [-0.15, -0.1) is 0 Å². The highest BCUT2D eigenvalue weighted by Gasteiger charge is 2.48. The van der Waals surface area contributed by atoms with Gasteiger partial charge in [0.15, 0.2) is 0 Å². The van der Waals surface area contributed by atoms with Crippen molar-refractivity contribution in [3.8, 4) is 0 Å². The molecule has 3 nitrogen and oxygen atoms in total. The molecule has 1 N–H and O–H groups in total. The van der Waals surface area contributed by atoms with Crippen molar-refractivity contribution in [2.45, 2.75) is 32.6 Å². The van der Waals surface area contributed by atoms with Crippen LogP contribution in [0.5, 0.6) is 0 Å². The molecule has 0 radical (unpaired) electrons. The molecule has 14 heavy (non-hydrogen) atoms. The molecule has 1 aliphatic heterocycles. The van der Waals surface area contributed by atoms with Crippen molar-refractivity contribution in [2.24, 2.45) is 11.3 Å². The maximum absolute atomic E-state index is 11.7. The number of ether oxygens (including phenoxy) is 1. The van der Waals surface area contributed by atoms with Crippen molar-refractivity contribution in [1.29, 1.82) is 0 Å². The third-order valence-corrected chi connectivity index (χ3v) is 3.74. The third kappa shape index (κ3) is 1.54. The van der Waals surface area contributed by atoms with E-state index in [2.05, 4.69) is 5.32 Å². The van der Waals surface area contributed by atoms with Crippen molar-refractivity contribution in [3.63, 3.8) is 0 Å². The molecular formula is C11H19NO2. The van der Waals surface area contributed by atoms with E-state index in [4.69, 9.17) is 4.74 Å². The quantitative estimate of drug-likeness (QED) is 0.679. The van der Waals surface area contributed by atoms with E-state index in [-0.39, 0.29) is 17.3 Å². The number of carbonyl (C=O) groups excluding carboxylic acids is 1. The predicted octanol–water partition coefficient (Wildman–Crippen LogP) is 1.33. The Morgan fingerprint density at radius 3 is 2.86 bits per heavy atom. The summed E-state index contributed by atoms with van der Waals surface area (Å²) in [6.07, 6.45) is 4.95. The minimum atomic E-state index is 0.0133. The van der Waals surface area contributed by atoms with Crippen molar-refractivity contribution in [1.82, 2.24) is 5.32 Å². The van der Waals surface area contributed by atoms with Gasteiger partial charge in [-0.1, -0.05) is 12.8 Å². The lowest BCUT2D eigenvalue weighted by Crippen LogP contribution is -2.33. The molecule has 2 aliphatic rings. The Morgan fingerprint density at radius 1 is 1.50 bits per heavy atom. The van der Waals surface area contributed by atoms with E-state index in [0.29, 0.717) is 6.61 Å². The van der Waals surface area contributed by atoms with Crippen LogP contribution in [0.4, 0.5) is 0 Å². The van der Waals surface area contributed by atoms with Crippen LogP contribution in [0, 0.1) is 11.3 Å². The topological polar surface area (TPSA) is 38.3 Å². The third-order valence-electron chi connectivity index (χ3n) is 3.74. The second-order valence-corrected chi connectivity index (χ2v) is 4.51. The summed E-state index contributed by atoms with van der Waals surface area (Å²) < 4.78 is 5.13. The molecule has 1 saturated carbocycles. The van der Waals surface area contributed by atoms with Gasteiger partial charge in [0, 0.05) is 13.1 Å². The van der Waals surface area contributed by atoms with Crippen LogP contribution in [0.15, 0.2) is 0 Å². The fourth-order valence-corrected chi connectivity index (χ4v) is 2.99. The highest BCUT2D eigenvalue weighted by molar-refractivity contribution is 5.74. The van der Waals surface area contributed by atoms with Gasteiger partial charge in [-0.3, -0.25) is 4.79 Å². The summed E-state index contributed by atoms with van der Waals surface area (Å²) in [6.45, 7) is 4.21. The Bertz CT molecular complexity index is 216. The van der Waals surface area contributed by atoms with Crippen molar-refractivity contribution in [3.05, 3.63) is 0 Å². The molecule has 1 aliphatic carbocycles. The average Bonchev–Trinajstić information content (AvgIpc) is 2.78. The highest BCUT2D eigenvalue weighted by Crippen LogP contribution is 2.46. The van der Waals surface area contributed by atoms with Gasteiger partial charge in [0.25, 0.3) is 0 Å². The molecule has 0 amide bonds. The van der Waals surface area contributed by atoms with E-state index in [1.165, 1.54) is 25.7 Å². The molecule has 0 unspecified atom stereocenters. The molecule has 1 atom stereocenters. The fourth-order valence-electron chi connectivity index (χ4n) is 2.99. The van der Waals surface area contributed by atoms with Crippen LogP contribution < -0.4 is 5.32 Å². The maximum atomic E-state index is 11.7. The molecule has 1 saturated heterocycles. The van der Waals surface area contributed by atoms with Crippen molar-refractivity contribution < 1.29 is 9.53 Å². The minimum Gasteiger partial charge on any atom is -0.466 e. The summed E-state index contributed by atoms with van der Waals surface area (Å²) >= 11 is 0. The zero-order valence-corrected chi connectivity index (χ0v) is 8.84. The molecule has 0 aromatic rings. The largest absolute Gasteiger partial charge is 0.466 e. The van der Waals surface area contributed by atoms with Gasteiger partial charge >= 0.3 is 5.97 Å². The molecule has 0 bridgehead atoms. The van der Waals surface area contributed by atoms with Gasteiger partial charge in [-0.05, 0) is 25.2 Å². The second-order valence-electron chi connectivity index (χ2n) is 4.51. The predicted molar refractivity (Wildman–Crippen MR) is 53.9 cm³/mol. The molecular weight excluding hydrogens is 178 g/mol. The Labute approximate surface area is 85.2 Å². The summed E-state index contributed by atoms with van der Waals surface area (Å²) in [4.78, 5) is 11.7. The minimum absolute atomic E-state index is 0.0133. The van der Waals surface area contributed by atoms with Crippen LogP contribution in [0.25, 0.3) is 0 Å². The second kappa shape index (κ2) is 3.89. The van der Waals surface area contributed by atoms with Crippen LogP contribution >= 0.6 is 0 Å². The number of esters is 1. The molecule has 0 aromatic carbocycles. The lowest BCUT2D eigenvalue weighted by atomic mass is 9.76. The molecule has 2 fully saturated rings. The van der Waals surface area contributed by atoms with E-state index < -0.39 is 0 Å². The van der Waals surface area contributed by atoms with Gasteiger partial charge in [0.05, 0.1) is 12.5 Å². The molecule has 1 heterocycles. The van der Waals surface area contributed by atoms with Crippen LogP contribution in [0.1, 0.15) is 32.6 Å². The van der Waals surface area contributed by atoms with Gasteiger partial charge in [-0.2, -0.15) is 0 Å². The normalized spacial score (nSPS) is 29.6. The average molecular weight is 197 g/mol. The van der Waals surface area contributed by atoms with E-state index in [9.17, 15) is 4.79 Å². The van der Waals surface area contributed by atoms with Crippen molar-refractivity contribution in [2.75, 3.05) is 19.7 Å². The number of nitrogens with one attached hydrogen (secondary N) is 1. The van der Waals surface area contributed by atoms with E-state index in [1.54, 1.807) is 0 Å². The number of carbonyl (C=O) groups is 1. The van der Waals surface area contributed by atoms with E-state index >= 15 is 0 Å². The Morgan fingerprint density at radius 2 is 2.21 bits per heavy atom. The molecule has 80 valence electrons. The monoisotopic (exact) mass is 197 g/mol. The smallest absolute Gasteiger partial charge is 0.310 e. The molecule has 1 spiro atoms. The fraction of sp³-hybridized carbons (Fsp3) is 0.909. The Kier molecular flexibility index (Phi) is 2.77. The first-order chi connectivity index (χ1) is 6.78. The van der Waals surface area contributed by atoms with Crippen LogP contribution in [-0.4, -0.2) is 25.7 Å². The van der Waals surface area contributed by atoms with Crippen molar-refractivity contribution >= 4 is 5.97 Å². The first-order valence-corrected chi connectivity index (χ1v) is 5.66. The summed E-state index contributed by atoms with van der Waals surface area (Å²) in [7, 11) is 0. The highest BCUT2D eigenvalue weighted by atomic mass is 16.5. The van der Waals surface area contributed by atoms with Gasteiger partial charge in [-0.25, -0.2) is 0 Å². The summed E-state index contributed by atoms with van der Waals surface area (Å²) in [6, 6.07) is 0. The number of rotatable bonds is 2. The Hall–Kier alpha value is -0.570. The van der Waals surface area contributed by atoms with Gasteiger partial charge in [0.2, 0.25) is 0 Å². The van der Waals surface area contributed by atoms with Gasteiger partial charge < -0.3 is 10.1 Å². The van der Waals surface area contributed by atoms with Crippen LogP contribution in [0.3, 0.4) is 0 Å². The van der Waals surface area contributed by atoms with E-state index in [1.807, 2.05) is 6.92 Å². The van der Waals surface area contributed by atoms with Gasteiger partial charge in [0.1, 0.15) is 0 Å². The Balaban J connectivity index is 2.06. The maximum Gasteiger partial charge on any atom is 0.310 e. The summed E-state index contributed by atoms with van der Waals surface area (Å²) in [5.41, 5.74) is 0.242. The van der Waals surface area contributed by atoms with E-state index in [0.717, 1.165) is 13.1 Å². The number of hydrogen-bond donors (Lipinski definition) is 1. The first kappa shape index (κ1) is 9.97. The SMILES string of the molecule is CCOC(=O)[C@@H]1CNCC12CCCC2. The lowest BCUT2D eigenvalue weighted by Gasteiger charge is -2.28.